The Morgan fingerprint density at radius 1 is 1.41 bits per heavy atom. The molecule has 0 saturated heterocycles. The molecule has 17 heavy (non-hydrogen) atoms. The van der Waals surface area contributed by atoms with E-state index in [1.807, 2.05) is 13.0 Å². The molecule has 0 aliphatic carbocycles. The van der Waals surface area contributed by atoms with Crippen LogP contribution in [0.25, 0.3) is 0 Å². The zero-order valence-electron chi connectivity index (χ0n) is 10.1. The van der Waals surface area contributed by atoms with Crippen molar-refractivity contribution in [1.82, 2.24) is 0 Å². The van der Waals surface area contributed by atoms with E-state index in [4.69, 9.17) is 9.84 Å². The summed E-state index contributed by atoms with van der Waals surface area (Å²) in [5, 5.41) is 19.0. The van der Waals surface area contributed by atoms with Gasteiger partial charge in [-0.1, -0.05) is 18.2 Å². The van der Waals surface area contributed by atoms with Crippen molar-refractivity contribution in [1.29, 1.82) is 0 Å². The first-order valence-corrected chi connectivity index (χ1v) is 5.64. The van der Waals surface area contributed by atoms with E-state index in [9.17, 15) is 9.90 Å². The summed E-state index contributed by atoms with van der Waals surface area (Å²) in [5.41, 5.74) is -0.562. The smallest absolute Gasteiger partial charge is 0.303 e. The monoisotopic (exact) mass is 238 g/mol. The number of aliphatic hydroxyl groups is 1. The average Bonchev–Trinajstić information content (AvgIpc) is 2.28. The van der Waals surface area contributed by atoms with E-state index in [0.29, 0.717) is 17.9 Å². The highest BCUT2D eigenvalue weighted by atomic mass is 16.5. The summed E-state index contributed by atoms with van der Waals surface area (Å²) in [6.07, 6.45) is 0.0832. The van der Waals surface area contributed by atoms with Crippen LogP contribution in [0, 0.1) is 0 Å². The molecule has 1 atom stereocenters. The molecule has 0 aliphatic rings. The van der Waals surface area contributed by atoms with Crippen LogP contribution in [0.2, 0.25) is 0 Å². The number of ether oxygens (including phenoxy) is 1. The van der Waals surface area contributed by atoms with Gasteiger partial charge in [-0.15, -0.1) is 0 Å². The molecule has 0 fully saturated rings. The molecular formula is C13H18O4. The normalized spacial score (nSPS) is 14.1. The number of carboxylic acids is 1. The molecule has 0 amide bonds. The molecule has 1 aromatic rings. The van der Waals surface area contributed by atoms with Crippen molar-refractivity contribution >= 4 is 5.97 Å². The van der Waals surface area contributed by atoms with Crippen molar-refractivity contribution in [3.63, 3.8) is 0 Å². The molecule has 0 aromatic heterocycles. The first-order chi connectivity index (χ1) is 7.97. The molecule has 0 saturated carbocycles. The van der Waals surface area contributed by atoms with Crippen LogP contribution >= 0.6 is 0 Å². The molecule has 94 valence electrons. The second-order valence-corrected chi connectivity index (χ2v) is 4.10. The van der Waals surface area contributed by atoms with E-state index in [0.717, 1.165) is 0 Å². The second kappa shape index (κ2) is 5.68. The van der Waals surface area contributed by atoms with E-state index in [1.54, 1.807) is 25.1 Å². The van der Waals surface area contributed by atoms with E-state index in [-0.39, 0.29) is 12.8 Å². The summed E-state index contributed by atoms with van der Waals surface area (Å²) in [4.78, 5) is 10.5. The summed E-state index contributed by atoms with van der Waals surface area (Å²) >= 11 is 0. The highest BCUT2D eigenvalue weighted by Crippen LogP contribution is 2.33. The van der Waals surface area contributed by atoms with Crippen LogP contribution < -0.4 is 4.74 Å². The number of carboxylic acid groups (broad SMARTS) is 1. The minimum atomic E-state index is -1.19. The highest BCUT2D eigenvalue weighted by molar-refractivity contribution is 5.66. The molecule has 0 aliphatic heterocycles. The molecule has 4 nitrogen and oxygen atoms in total. The lowest BCUT2D eigenvalue weighted by molar-refractivity contribution is -0.138. The van der Waals surface area contributed by atoms with Gasteiger partial charge in [-0.2, -0.15) is 0 Å². The largest absolute Gasteiger partial charge is 0.493 e. The lowest BCUT2D eigenvalue weighted by atomic mass is 9.90. The van der Waals surface area contributed by atoms with Gasteiger partial charge in [0.25, 0.3) is 0 Å². The van der Waals surface area contributed by atoms with Crippen molar-refractivity contribution in [3.8, 4) is 5.75 Å². The van der Waals surface area contributed by atoms with Gasteiger partial charge >= 0.3 is 5.97 Å². The van der Waals surface area contributed by atoms with Gasteiger partial charge in [-0.25, -0.2) is 0 Å². The fourth-order valence-electron chi connectivity index (χ4n) is 1.68. The SMILES string of the molecule is CCOc1ccccc1C(C)(O)CCC(=O)O. The first-order valence-electron chi connectivity index (χ1n) is 5.64. The third-order valence-electron chi connectivity index (χ3n) is 2.59. The number of benzene rings is 1. The summed E-state index contributed by atoms with van der Waals surface area (Å²) < 4.78 is 5.42. The van der Waals surface area contributed by atoms with Crippen LogP contribution in [0.1, 0.15) is 32.3 Å². The minimum Gasteiger partial charge on any atom is -0.493 e. The standard InChI is InChI=1S/C13H18O4/c1-3-17-11-7-5-4-6-10(11)13(2,16)9-8-12(14)15/h4-7,16H,3,8-9H2,1-2H3,(H,14,15). The minimum absolute atomic E-state index is 0.0759. The summed E-state index contributed by atoms with van der Waals surface area (Å²) in [6, 6.07) is 7.15. The number of para-hydroxylation sites is 1. The number of hydrogen-bond donors (Lipinski definition) is 2. The molecule has 1 unspecified atom stereocenters. The second-order valence-electron chi connectivity index (χ2n) is 4.10. The molecule has 1 aromatic carbocycles. The summed E-state index contributed by atoms with van der Waals surface area (Å²) in [7, 11) is 0. The van der Waals surface area contributed by atoms with Gasteiger partial charge in [0.1, 0.15) is 5.75 Å². The summed E-state index contributed by atoms with van der Waals surface area (Å²) in [5.74, 6) is -0.315. The van der Waals surface area contributed by atoms with Crippen LogP contribution in [-0.2, 0) is 10.4 Å². The zero-order chi connectivity index (χ0) is 12.9. The summed E-state index contributed by atoms with van der Waals surface area (Å²) in [6.45, 7) is 3.97. The highest BCUT2D eigenvalue weighted by Gasteiger charge is 2.27. The van der Waals surface area contributed by atoms with Gasteiger partial charge in [-0.05, 0) is 26.3 Å². The van der Waals surface area contributed by atoms with Crippen molar-refractivity contribution < 1.29 is 19.7 Å². The third kappa shape index (κ3) is 3.75. The number of rotatable bonds is 6. The van der Waals surface area contributed by atoms with Gasteiger partial charge in [0.05, 0.1) is 12.2 Å². The molecular weight excluding hydrogens is 220 g/mol. The Labute approximate surface area is 101 Å². The molecule has 0 spiro atoms. The van der Waals surface area contributed by atoms with E-state index in [1.165, 1.54) is 0 Å². The number of hydrogen-bond acceptors (Lipinski definition) is 3. The van der Waals surface area contributed by atoms with Gasteiger partial charge in [-0.3, -0.25) is 4.79 Å². The number of aliphatic carboxylic acids is 1. The predicted molar refractivity (Wildman–Crippen MR) is 64.1 cm³/mol. The predicted octanol–water partition coefficient (Wildman–Crippen LogP) is 2.16. The topological polar surface area (TPSA) is 66.8 Å². The Morgan fingerprint density at radius 2 is 2.06 bits per heavy atom. The van der Waals surface area contributed by atoms with Gasteiger partial charge < -0.3 is 14.9 Å². The van der Waals surface area contributed by atoms with E-state index in [2.05, 4.69) is 0 Å². The molecule has 0 heterocycles. The van der Waals surface area contributed by atoms with Gasteiger partial charge in [0, 0.05) is 12.0 Å². The van der Waals surface area contributed by atoms with Crippen molar-refractivity contribution in [2.45, 2.75) is 32.3 Å². The Kier molecular flexibility index (Phi) is 4.52. The molecule has 1 rings (SSSR count). The van der Waals surface area contributed by atoms with Crippen LogP contribution in [0.15, 0.2) is 24.3 Å². The zero-order valence-corrected chi connectivity index (χ0v) is 10.1. The molecule has 0 bridgehead atoms. The molecule has 4 heteroatoms. The van der Waals surface area contributed by atoms with Crippen molar-refractivity contribution in [2.24, 2.45) is 0 Å². The van der Waals surface area contributed by atoms with Gasteiger partial charge in [0.2, 0.25) is 0 Å². The lowest BCUT2D eigenvalue weighted by Gasteiger charge is -2.25. The lowest BCUT2D eigenvalue weighted by Crippen LogP contribution is -2.23. The van der Waals surface area contributed by atoms with Crippen LogP contribution in [0.5, 0.6) is 5.75 Å². The molecule has 2 N–H and O–H groups in total. The maximum absolute atomic E-state index is 10.5. The Morgan fingerprint density at radius 3 is 2.65 bits per heavy atom. The maximum atomic E-state index is 10.5. The Hall–Kier alpha value is -1.55. The fourth-order valence-corrected chi connectivity index (χ4v) is 1.68. The van der Waals surface area contributed by atoms with Crippen LogP contribution in [-0.4, -0.2) is 22.8 Å². The Bertz CT molecular complexity index is 385. The molecule has 0 radical (unpaired) electrons. The van der Waals surface area contributed by atoms with Crippen LogP contribution in [0.4, 0.5) is 0 Å². The van der Waals surface area contributed by atoms with Crippen molar-refractivity contribution in [2.75, 3.05) is 6.61 Å². The van der Waals surface area contributed by atoms with E-state index < -0.39 is 11.6 Å². The van der Waals surface area contributed by atoms with Crippen LogP contribution in [0.3, 0.4) is 0 Å². The van der Waals surface area contributed by atoms with Crippen molar-refractivity contribution in [3.05, 3.63) is 29.8 Å². The fraction of sp³-hybridized carbons (Fsp3) is 0.462. The Balaban J connectivity index is 2.92. The maximum Gasteiger partial charge on any atom is 0.303 e. The average molecular weight is 238 g/mol. The first kappa shape index (κ1) is 13.5. The number of carbonyl (C=O) groups is 1. The third-order valence-corrected chi connectivity index (χ3v) is 2.59. The van der Waals surface area contributed by atoms with Gasteiger partial charge in [0.15, 0.2) is 0 Å². The quantitative estimate of drug-likeness (QED) is 0.797. The van der Waals surface area contributed by atoms with E-state index >= 15 is 0 Å².